The van der Waals surface area contributed by atoms with Crippen molar-refractivity contribution in [2.45, 2.75) is 43.8 Å². The van der Waals surface area contributed by atoms with Crippen molar-refractivity contribution in [2.24, 2.45) is 0 Å². The number of alkyl halides is 3. The van der Waals surface area contributed by atoms with Gasteiger partial charge in [-0.2, -0.15) is 18.3 Å². The number of halogens is 3. The molecule has 2 amide bonds. The van der Waals surface area contributed by atoms with Crippen molar-refractivity contribution in [1.29, 1.82) is 0 Å². The van der Waals surface area contributed by atoms with Crippen molar-refractivity contribution in [3.8, 4) is 11.4 Å². The van der Waals surface area contributed by atoms with E-state index in [4.69, 9.17) is 10.8 Å². The number of carbonyl (C=O) groups excluding carboxylic acids is 2. The Morgan fingerprint density at radius 3 is 2.60 bits per heavy atom. The summed E-state index contributed by atoms with van der Waals surface area (Å²) in [4.78, 5) is 36.0. The molecular weight excluding hydrogens is 527 g/mol. The molecule has 4 heterocycles. The van der Waals surface area contributed by atoms with Crippen LogP contribution in [0.15, 0.2) is 37.1 Å². The van der Waals surface area contributed by atoms with Crippen molar-refractivity contribution in [2.75, 3.05) is 25.4 Å². The summed E-state index contributed by atoms with van der Waals surface area (Å²) in [5.41, 5.74) is 9.34. The number of amides is 2. The molecule has 1 aliphatic carbocycles. The zero-order chi connectivity index (χ0) is 28.3. The number of nitrogens with zero attached hydrogens (tertiary/aromatic N) is 6. The number of nitrogens with two attached hydrogens (primary N) is 1. The third-order valence-corrected chi connectivity index (χ3v) is 7.73. The van der Waals surface area contributed by atoms with E-state index in [2.05, 4.69) is 16.5 Å². The fourth-order valence-corrected chi connectivity index (χ4v) is 5.61. The molecule has 1 unspecified atom stereocenters. The maximum absolute atomic E-state index is 13.7. The Hall–Kier alpha value is -4.42. The summed E-state index contributed by atoms with van der Waals surface area (Å²) in [5.74, 6) is -2.41. The lowest BCUT2D eigenvalue weighted by atomic mass is 9.95. The van der Waals surface area contributed by atoms with Crippen LogP contribution in [0.2, 0.25) is 0 Å². The van der Waals surface area contributed by atoms with Gasteiger partial charge in [-0.05, 0) is 42.5 Å². The Morgan fingerprint density at radius 1 is 1.18 bits per heavy atom. The zero-order valence-electron chi connectivity index (χ0n) is 21.4. The van der Waals surface area contributed by atoms with Gasteiger partial charge in [-0.25, -0.2) is 14.6 Å². The molecule has 0 bridgehead atoms. The van der Waals surface area contributed by atoms with Crippen LogP contribution in [0.5, 0.6) is 5.75 Å². The molecule has 0 saturated heterocycles. The highest BCUT2D eigenvalue weighted by atomic mass is 19.4. The van der Waals surface area contributed by atoms with Crippen LogP contribution in [0.25, 0.3) is 5.69 Å². The van der Waals surface area contributed by atoms with E-state index in [0.29, 0.717) is 36.7 Å². The molecule has 0 spiro atoms. The summed E-state index contributed by atoms with van der Waals surface area (Å²) in [6.45, 7) is 4.18. The molecule has 3 aliphatic rings. The Kier molecular flexibility index (Phi) is 6.04. The molecule has 1 saturated carbocycles. The van der Waals surface area contributed by atoms with Gasteiger partial charge in [-0.3, -0.25) is 9.59 Å². The number of benzene rings is 1. The standard InChI is InChI=1S/C27H26F3N7O3/c1-2-22(39)35-9-7-17-23-19(37(34-17)18-6-5-15(11-21(18)38)14-3-4-14)8-10-36(20(23)13-35)25(40)16-12-32-26(27(28,29)30)33-24(16)31/h2,5-6,11-12,14,20,38H,1,3-4,7-10,13H2,(H2,31,32,33). The maximum Gasteiger partial charge on any atom is 0.451 e. The van der Waals surface area contributed by atoms with Crippen LogP contribution in [0.4, 0.5) is 19.0 Å². The number of hydrogen-bond acceptors (Lipinski definition) is 7. The number of hydrogen-bond donors (Lipinski definition) is 2. The first kappa shape index (κ1) is 25.8. The number of carbonyl (C=O) groups is 2. The number of aromatic hydroxyl groups is 1. The summed E-state index contributed by atoms with van der Waals surface area (Å²) in [6.07, 6.45) is 0.122. The summed E-state index contributed by atoms with van der Waals surface area (Å²) in [7, 11) is 0. The van der Waals surface area contributed by atoms with Crippen molar-refractivity contribution in [3.05, 3.63) is 71.0 Å². The molecule has 2 aliphatic heterocycles. The van der Waals surface area contributed by atoms with Crippen LogP contribution in [0, 0.1) is 0 Å². The summed E-state index contributed by atoms with van der Waals surface area (Å²) < 4.78 is 40.9. The maximum atomic E-state index is 13.7. The normalized spacial score (nSPS) is 18.7. The number of aromatic nitrogens is 4. The van der Waals surface area contributed by atoms with Gasteiger partial charge in [0.15, 0.2) is 0 Å². The first-order chi connectivity index (χ1) is 19.1. The van der Waals surface area contributed by atoms with Crippen molar-refractivity contribution < 1.29 is 27.9 Å². The molecule has 208 valence electrons. The highest BCUT2D eigenvalue weighted by molar-refractivity contribution is 5.98. The lowest BCUT2D eigenvalue weighted by molar-refractivity contribution is -0.144. The van der Waals surface area contributed by atoms with Crippen LogP contribution in [0.3, 0.4) is 0 Å². The smallest absolute Gasteiger partial charge is 0.451 e. The lowest BCUT2D eigenvalue weighted by Gasteiger charge is -2.38. The molecule has 40 heavy (non-hydrogen) atoms. The van der Waals surface area contributed by atoms with Crippen LogP contribution in [-0.4, -0.2) is 66.1 Å². The van der Waals surface area contributed by atoms with Gasteiger partial charge < -0.3 is 20.6 Å². The second-order valence-corrected chi connectivity index (χ2v) is 10.2. The molecule has 13 heteroatoms. The van der Waals surface area contributed by atoms with Crippen molar-refractivity contribution in [1.82, 2.24) is 29.5 Å². The minimum Gasteiger partial charge on any atom is -0.506 e. The number of nitrogen functional groups attached to an aromatic ring is 1. The fourth-order valence-electron chi connectivity index (χ4n) is 5.61. The number of anilines is 1. The van der Waals surface area contributed by atoms with Crippen molar-refractivity contribution in [3.63, 3.8) is 0 Å². The predicted octanol–water partition coefficient (Wildman–Crippen LogP) is 3.16. The fraction of sp³-hybridized carbons (Fsp3) is 0.370. The van der Waals surface area contributed by atoms with E-state index in [1.807, 2.05) is 12.1 Å². The van der Waals surface area contributed by atoms with Gasteiger partial charge in [0, 0.05) is 44.2 Å². The van der Waals surface area contributed by atoms with E-state index in [1.165, 1.54) is 11.0 Å². The van der Waals surface area contributed by atoms with Crippen LogP contribution < -0.4 is 5.73 Å². The minimum atomic E-state index is -4.81. The van der Waals surface area contributed by atoms with E-state index >= 15 is 0 Å². The molecule has 1 atom stereocenters. The largest absolute Gasteiger partial charge is 0.506 e. The summed E-state index contributed by atoms with van der Waals surface area (Å²) in [6, 6.07) is 4.92. The quantitative estimate of drug-likeness (QED) is 0.475. The van der Waals surface area contributed by atoms with Gasteiger partial charge >= 0.3 is 6.18 Å². The third kappa shape index (κ3) is 4.34. The second kappa shape index (κ2) is 9.35. The molecule has 2 aromatic heterocycles. The van der Waals surface area contributed by atoms with E-state index < -0.39 is 29.8 Å². The Balaban J connectivity index is 1.41. The van der Waals surface area contributed by atoms with Gasteiger partial charge in [0.25, 0.3) is 5.91 Å². The van der Waals surface area contributed by atoms with Gasteiger partial charge in [-0.1, -0.05) is 12.6 Å². The highest BCUT2D eigenvalue weighted by Gasteiger charge is 2.41. The first-order valence-corrected chi connectivity index (χ1v) is 12.9. The SMILES string of the molecule is C=CC(=O)N1CCc2nn(-c3ccc(C4CC4)cc3O)c3c2C(C1)N(C(=O)c1cnc(C(F)(F)F)nc1N)CC3. The third-order valence-electron chi connectivity index (χ3n) is 7.73. The van der Waals surface area contributed by atoms with Crippen LogP contribution >= 0.6 is 0 Å². The van der Waals surface area contributed by atoms with E-state index in [1.54, 1.807) is 15.6 Å². The Bertz CT molecular complexity index is 1550. The van der Waals surface area contributed by atoms with Crippen LogP contribution in [-0.2, 0) is 23.8 Å². The number of phenolic OH excluding ortho intramolecular Hbond substituents is 1. The molecule has 10 nitrogen and oxygen atoms in total. The molecule has 0 radical (unpaired) electrons. The van der Waals surface area contributed by atoms with Gasteiger partial charge in [-0.15, -0.1) is 0 Å². The Morgan fingerprint density at radius 2 is 1.95 bits per heavy atom. The van der Waals surface area contributed by atoms with Gasteiger partial charge in [0.05, 0.1) is 17.4 Å². The average molecular weight is 554 g/mol. The second-order valence-electron chi connectivity index (χ2n) is 10.2. The molecule has 1 aromatic carbocycles. The van der Waals surface area contributed by atoms with E-state index in [0.717, 1.165) is 35.9 Å². The van der Waals surface area contributed by atoms with Crippen molar-refractivity contribution >= 4 is 17.6 Å². The average Bonchev–Trinajstić information content (AvgIpc) is 3.73. The predicted molar refractivity (Wildman–Crippen MR) is 137 cm³/mol. The molecular formula is C27H26F3N7O3. The van der Waals surface area contributed by atoms with E-state index in [-0.39, 0.29) is 30.3 Å². The summed E-state index contributed by atoms with van der Waals surface area (Å²) >= 11 is 0. The van der Waals surface area contributed by atoms with Gasteiger partial charge in [0.1, 0.15) is 22.8 Å². The number of phenols is 1. The van der Waals surface area contributed by atoms with Crippen LogP contribution in [0.1, 0.15) is 63.5 Å². The molecule has 1 fully saturated rings. The zero-order valence-corrected chi connectivity index (χ0v) is 21.4. The molecule has 3 aromatic rings. The molecule has 6 rings (SSSR count). The first-order valence-electron chi connectivity index (χ1n) is 12.9. The van der Waals surface area contributed by atoms with E-state index in [9.17, 15) is 27.9 Å². The number of rotatable bonds is 4. The monoisotopic (exact) mass is 553 g/mol. The Labute approximate surface area is 226 Å². The summed E-state index contributed by atoms with van der Waals surface area (Å²) in [5, 5.41) is 15.7. The van der Waals surface area contributed by atoms with Gasteiger partial charge in [0.2, 0.25) is 11.7 Å². The topological polar surface area (TPSA) is 130 Å². The minimum absolute atomic E-state index is 0.103. The highest BCUT2D eigenvalue weighted by Crippen LogP contribution is 2.43. The lowest BCUT2D eigenvalue weighted by Crippen LogP contribution is -2.46. The molecule has 3 N–H and O–H groups in total.